The maximum atomic E-state index is 12.6. The number of carbonyl (C=O) groups is 1. The van der Waals surface area contributed by atoms with Gasteiger partial charge in [0.25, 0.3) is 5.91 Å². The molecule has 3 heterocycles. The number of amides is 1. The predicted octanol–water partition coefficient (Wildman–Crippen LogP) is 1.24. The molecule has 0 saturated carbocycles. The van der Waals surface area contributed by atoms with Crippen LogP contribution in [-0.2, 0) is 6.42 Å². The van der Waals surface area contributed by atoms with E-state index in [-0.39, 0.29) is 11.9 Å². The Morgan fingerprint density at radius 2 is 2.12 bits per heavy atom. The molecule has 2 aromatic rings. The monoisotopic (exact) mass is 341 g/mol. The Morgan fingerprint density at radius 1 is 1.32 bits per heavy atom. The molecule has 1 atom stereocenters. The van der Waals surface area contributed by atoms with Crippen LogP contribution in [0.25, 0.3) is 0 Å². The van der Waals surface area contributed by atoms with Crippen LogP contribution in [0.1, 0.15) is 40.6 Å². The van der Waals surface area contributed by atoms with Gasteiger partial charge in [-0.1, -0.05) is 23.4 Å². The molecule has 0 bridgehead atoms. The molecule has 132 valence electrons. The van der Waals surface area contributed by atoms with E-state index in [1.54, 1.807) is 0 Å². The number of hydrogen-bond donors (Lipinski definition) is 2. The Morgan fingerprint density at radius 3 is 2.96 bits per heavy atom. The van der Waals surface area contributed by atoms with Crippen LogP contribution in [0, 0.1) is 6.92 Å². The number of ether oxygens (including phenoxy) is 1. The first kappa shape index (κ1) is 16.1. The summed E-state index contributed by atoms with van der Waals surface area (Å²) in [5.41, 5.74) is 2.37. The molecule has 0 radical (unpaired) electrons. The normalized spacial score (nSPS) is 20.6. The average Bonchev–Trinajstić information content (AvgIpc) is 3.04. The van der Waals surface area contributed by atoms with E-state index in [1.165, 1.54) is 0 Å². The third-order valence-electron chi connectivity index (χ3n) is 5.01. The molecule has 4 rings (SSSR count). The van der Waals surface area contributed by atoms with Crippen LogP contribution in [0.3, 0.4) is 0 Å². The second-order valence-electron chi connectivity index (χ2n) is 6.74. The topological polar surface area (TPSA) is 81.1 Å². The standard InChI is InChI=1S/C18H23N5O2/c1-12-17(21-22-23(12)15-6-8-19-9-7-15)18(24)20-14-10-13-4-2-3-5-16(13)25-11-14/h2-5,14-15,19H,6-11H2,1H3,(H,20,24)/t14-/m1/s1. The van der Waals surface area contributed by atoms with Gasteiger partial charge in [-0.25, -0.2) is 4.68 Å². The molecule has 2 aliphatic heterocycles. The molecule has 0 aliphatic carbocycles. The zero-order chi connectivity index (χ0) is 17.2. The Labute approximate surface area is 146 Å². The van der Waals surface area contributed by atoms with Crippen LogP contribution in [-0.4, -0.2) is 46.6 Å². The van der Waals surface area contributed by atoms with Gasteiger partial charge in [-0.2, -0.15) is 0 Å². The summed E-state index contributed by atoms with van der Waals surface area (Å²) in [6.45, 7) is 4.35. The van der Waals surface area contributed by atoms with Crippen molar-refractivity contribution < 1.29 is 9.53 Å². The number of hydrogen-bond acceptors (Lipinski definition) is 5. The molecule has 1 fully saturated rings. The minimum atomic E-state index is -0.175. The van der Waals surface area contributed by atoms with E-state index in [2.05, 4.69) is 20.9 Å². The zero-order valence-electron chi connectivity index (χ0n) is 14.4. The summed E-state index contributed by atoms with van der Waals surface area (Å²) in [5.74, 6) is 0.728. The Bertz CT molecular complexity index is 767. The lowest BCUT2D eigenvalue weighted by molar-refractivity contribution is 0.0909. The Kier molecular flexibility index (Phi) is 4.40. The molecular weight excluding hydrogens is 318 g/mol. The fraction of sp³-hybridized carbons (Fsp3) is 0.500. The van der Waals surface area contributed by atoms with Gasteiger partial charge in [0.15, 0.2) is 5.69 Å². The summed E-state index contributed by atoms with van der Waals surface area (Å²) >= 11 is 0. The van der Waals surface area contributed by atoms with E-state index >= 15 is 0 Å². The van der Waals surface area contributed by atoms with E-state index in [9.17, 15) is 4.79 Å². The Balaban J connectivity index is 1.44. The van der Waals surface area contributed by atoms with Crippen LogP contribution < -0.4 is 15.4 Å². The first-order valence-corrected chi connectivity index (χ1v) is 8.86. The van der Waals surface area contributed by atoms with Crippen molar-refractivity contribution in [3.05, 3.63) is 41.2 Å². The number of benzene rings is 1. The summed E-state index contributed by atoms with van der Waals surface area (Å²) in [6, 6.07) is 8.21. The Hall–Kier alpha value is -2.41. The number of rotatable bonds is 3. The maximum absolute atomic E-state index is 12.6. The van der Waals surface area contributed by atoms with Gasteiger partial charge in [0.05, 0.1) is 17.8 Å². The fourth-order valence-corrected chi connectivity index (χ4v) is 3.62. The smallest absolute Gasteiger partial charge is 0.274 e. The van der Waals surface area contributed by atoms with Crippen molar-refractivity contribution in [1.29, 1.82) is 0 Å². The molecule has 1 aromatic carbocycles. The van der Waals surface area contributed by atoms with Crippen molar-refractivity contribution in [1.82, 2.24) is 25.6 Å². The minimum absolute atomic E-state index is 0.0502. The molecule has 7 heteroatoms. The largest absolute Gasteiger partial charge is 0.491 e. The van der Waals surface area contributed by atoms with E-state index in [0.29, 0.717) is 18.3 Å². The molecule has 0 unspecified atom stereocenters. The van der Waals surface area contributed by atoms with Crippen molar-refractivity contribution in [2.45, 2.75) is 38.3 Å². The molecule has 1 amide bonds. The number of para-hydroxylation sites is 1. The molecule has 25 heavy (non-hydrogen) atoms. The highest BCUT2D eigenvalue weighted by Crippen LogP contribution is 2.24. The number of nitrogens with one attached hydrogen (secondary N) is 2. The van der Waals surface area contributed by atoms with Gasteiger partial charge in [-0.15, -0.1) is 5.10 Å². The number of carbonyl (C=O) groups excluding carboxylic acids is 1. The average molecular weight is 341 g/mol. The van der Waals surface area contributed by atoms with Crippen molar-refractivity contribution in [2.24, 2.45) is 0 Å². The third-order valence-corrected chi connectivity index (χ3v) is 5.01. The summed E-state index contributed by atoms with van der Waals surface area (Å²) in [4.78, 5) is 12.6. The molecular formula is C18H23N5O2. The quantitative estimate of drug-likeness (QED) is 0.878. The van der Waals surface area contributed by atoms with Crippen LogP contribution in [0.2, 0.25) is 0 Å². The van der Waals surface area contributed by atoms with Gasteiger partial charge in [0.2, 0.25) is 0 Å². The van der Waals surface area contributed by atoms with Gasteiger partial charge in [0.1, 0.15) is 12.4 Å². The highest BCUT2D eigenvalue weighted by molar-refractivity contribution is 5.93. The zero-order valence-corrected chi connectivity index (χ0v) is 14.4. The summed E-state index contributed by atoms with van der Waals surface area (Å²) in [5, 5.41) is 14.8. The van der Waals surface area contributed by atoms with Gasteiger partial charge < -0.3 is 15.4 Å². The number of aromatic nitrogens is 3. The molecule has 7 nitrogen and oxygen atoms in total. The van der Waals surface area contributed by atoms with Crippen LogP contribution in [0.4, 0.5) is 0 Å². The van der Waals surface area contributed by atoms with Crippen molar-refractivity contribution in [3.8, 4) is 5.75 Å². The third kappa shape index (κ3) is 3.24. The highest BCUT2D eigenvalue weighted by atomic mass is 16.5. The van der Waals surface area contributed by atoms with Crippen LogP contribution in [0.15, 0.2) is 24.3 Å². The van der Waals surface area contributed by atoms with Gasteiger partial charge in [-0.3, -0.25) is 4.79 Å². The fourth-order valence-electron chi connectivity index (χ4n) is 3.62. The molecule has 1 aromatic heterocycles. The second-order valence-corrected chi connectivity index (χ2v) is 6.74. The number of fused-ring (bicyclic) bond motifs is 1. The van der Waals surface area contributed by atoms with Gasteiger partial charge in [0, 0.05) is 0 Å². The highest BCUT2D eigenvalue weighted by Gasteiger charge is 2.26. The molecule has 2 N–H and O–H groups in total. The van der Waals surface area contributed by atoms with Crippen LogP contribution in [0.5, 0.6) is 5.75 Å². The van der Waals surface area contributed by atoms with Gasteiger partial charge in [-0.05, 0) is 50.9 Å². The first-order chi connectivity index (χ1) is 12.2. The van der Waals surface area contributed by atoms with Crippen molar-refractivity contribution in [2.75, 3.05) is 19.7 Å². The predicted molar refractivity (Wildman–Crippen MR) is 92.8 cm³/mol. The summed E-state index contributed by atoms with van der Waals surface area (Å²) in [7, 11) is 0. The maximum Gasteiger partial charge on any atom is 0.274 e. The van der Waals surface area contributed by atoms with E-state index in [4.69, 9.17) is 4.74 Å². The SMILES string of the molecule is Cc1c(C(=O)N[C@H]2COc3ccccc3C2)nnn1C1CCNCC1. The van der Waals surface area contributed by atoms with Crippen molar-refractivity contribution in [3.63, 3.8) is 0 Å². The molecule has 2 aliphatic rings. The van der Waals surface area contributed by atoms with E-state index < -0.39 is 0 Å². The lowest BCUT2D eigenvalue weighted by atomic mass is 10.0. The lowest BCUT2D eigenvalue weighted by Crippen LogP contribution is -2.43. The number of piperidine rings is 1. The summed E-state index contributed by atoms with van der Waals surface area (Å²) < 4.78 is 7.65. The number of nitrogens with zero attached hydrogens (tertiary/aromatic N) is 3. The lowest BCUT2D eigenvalue weighted by Gasteiger charge is -2.26. The van der Waals surface area contributed by atoms with Gasteiger partial charge >= 0.3 is 0 Å². The summed E-state index contributed by atoms with van der Waals surface area (Å²) in [6.07, 6.45) is 2.79. The first-order valence-electron chi connectivity index (χ1n) is 8.86. The van der Waals surface area contributed by atoms with Crippen LogP contribution >= 0.6 is 0 Å². The minimum Gasteiger partial charge on any atom is -0.491 e. The molecule has 1 saturated heterocycles. The molecule has 0 spiro atoms. The second kappa shape index (κ2) is 6.84. The van der Waals surface area contributed by atoms with E-state index in [1.807, 2.05) is 35.9 Å². The van der Waals surface area contributed by atoms with E-state index in [0.717, 1.165) is 49.4 Å². The van der Waals surface area contributed by atoms with Crippen molar-refractivity contribution >= 4 is 5.91 Å².